The third kappa shape index (κ3) is 4.52. The van der Waals surface area contributed by atoms with Gasteiger partial charge >= 0.3 is 0 Å². The lowest BCUT2D eigenvalue weighted by atomic mass is 9.90. The Kier molecular flexibility index (Phi) is 5.32. The van der Waals surface area contributed by atoms with E-state index in [0.29, 0.717) is 0 Å². The smallest absolute Gasteiger partial charge is 0.252 e. The van der Waals surface area contributed by atoms with Gasteiger partial charge < -0.3 is 0 Å². The Labute approximate surface area is 138 Å². The number of hydrazone groups is 1. The van der Waals surface area contributed by atoms with Gasteiger partial charge in [0.15, 0.2) is 0 Å². The van der Waals surface area contributed by atoms with Gasteiger partial charge in [0.1, 0.15) is 0 Å². The third-order valence-electron chi connectivity index (χ3n) is 3.95. The van der Waals surface area contributed by atoms with Crippen LogP contribution in [0.1, 0.15) is 44.7 Å². The highest BCUT2D eigenvalue weighted by atomic mass is 16.2. The predicted molar refractivity (Wildman–Crippen MR) is 95.4 cm³/mol. The number of nitrogens with zero attached hydrogens (tertiary/aromatic N) is 1. The van der Waals surface area contributed by atoms with Crippen LogP contribution in [0, 0.1) is 5.41 Å². The van der Waals surface area contributed by atoms with Crippen molar-refractivity contribution in [3.05, 3.63) is 71.8 Å². The molecular weight excluding hydrogens is 284 g/mol. The summed E-state index contributed by atoms with van der Waals surface area (Å²) in [6.45, 7) is 8.15. The molecule has 0 aliphatic rings. The second-order valence-corrected chi connectivity index (χ2v) is 6.68. The first-order chi connectivity index (χ1) is 10.9. The van der Waals surface area contributed by atoms with Crippen LogP contribution in [-0.4, -0.2) is 11.6 Å². The number of hydrogen-bond acceptors (Lipinski definition) is 2. The van der Waals surface area contributed by atoms with Gasteiger partial charge in [-0.15, -0.1) is 0 Å². The first-order valence-electron chi connectivity index (χ1n) is 7.84. The van der Waals surface area contributed by atoms with Crippen molar-refractivity contribution in [1.29, 1.82) is 0 Å². The van der Waals surface area contributed by atoms with Gasteiger partial charge in [-0.1, -0.05) is 81.4 Å². The fraction of sp³-hybridized carbons (Fsp3) is 0.300. The standard InChI is InChI=1S/C20H24N2O/c1-15(20(2,3)4)21-22-19(23)18(16-11-7-5-8-12-16)17-13-9-6-10-14-17/h5-14,18H,1-4H3,(H,22,23). The molecule has 0 saturated heterocycles. The van der Waals surface area contributed by atoms with E-state index in [1.54, 1.807) is 0 Å². The Morgan fingerprint density at radius 1 is 0.913 bits per heavy atom. The summed E-state index contributed by atoms with van der Waals surface area (Å²) in [5.41, 5.74) is 5.48. The van der Waals surface area contributed by atoms with Crippen molar-refractivity contribution >= 4 is 11.6 Å². The van der Waals surface area contributed by atoms with E-state index in [1.807, 2.05) is 67.6 Å². The lowest BCUT2D eigenvalue weighted by Gasteiger charge is -2.20. The Bertz CT molecular complexity index is 630. The van der Waals surface area contributed by atoms with Crippen LogP contribution in [0.15, 0.2) is 65.8 Å². The summed E-state index contributed by atoms with van der Waals surface area (Å²) in [6.07, 6.45) is 0. The van der Waals surface area contributed by atoms with Crippen molar-refractivity contribution in [2.24, 2.45) is 10.5 Å². The third-order valence-corrected chi connectivity index (χ3v) is 3.95. The Balaban J connectivity index is 2.30. The van der Waals surface area contributed by atoms with Crippen molar-refractivity contribution in [1.82, 2.24) is 5.43 Å². The number of carbonyl (C=O) groups is 1. The summed E-state index contributed by atoms with van der Waals surface area (Å²) in [5.74, 6) is -0.486. The van der Waals surface area contributed by atoms with Gasteiger partial charge in [0, 0.05) is 11.1 Å². The number of benzene rings is 2. The molecule has 1 N–H and O–H groups in total. The van der Waals surface area contributed by atoms with Gasteiger partial charge in [-0.3, -0.25) is 4.79 Å². The molecule has 0 unspecified atom stereocenters. The summed E-state index contributed by atoms with van der Waals surface area (Å²) in [5, 5.41) is 4.28. The van der Waals surface area contributed by atoms with Crippen LogP contribution in [-0.2, 0) is 4.79 Å². The van der Waals surface area contributed by atoms with Crippen molar-refractivity contribution in [3.63, 3.8) is 0 Å². The number of carbonyl (C=O) groups excluding carboxylic acids is 1. The second kappa shape index (κ2) is 7.23. The number of nitrogens with one attached hydrogen (secondary N) is 1. The first kappa shape index (κ1) is 16.9. The zero-order valence-electron chi connectivity index (χ0n) is 14.2. The van der Waals surface area contributed by atoms with E-state index < -0.39 is 0 Å². The summed E-state index contributed by atoms with van der Waals surface area (Å²) in [6, 6.07) is 19.6. The van der Waals surface area contributed by atoms with Crippen molar-refractivity contribution < 1.29 is 4.79 Å². The van der Waals surface area contributed by atoms with E-state index in [2.05, 4.69) is 31.3 Å². The van der Waals surface area contributed by atoms with Gasteiger partial charge in [0.25, 0.3) is 5.91 Å². The molecule has 120 valence electrons. The highest BCUT2D eigenvalue weighted by Crippen LogP contribution is 2.25. The lowest BCUT2D eigenvalue weighted by molar-refractivity contribution is -0.121. The summed E-state index contributed by atoms with van der Waals surface area (Å²) >= 11 is 0. The molecule has 2 aromatic carbocycles. The molecule has 0 bridgehead atoms. The fourth-order valence-corrected chi connectivity index (χ4v) is 2.16. The Morgan fingerprint density at radius 3 is 1.74 bits per heavy atom. The maximum atomic E-state index is 12.8. The molecule has 23 heavy (non-hydrogen) atoms. The van der Waals surface area contributed by atoms with Crippen molar-refractivity contribution in [3.8, 4) is 0 Å². The number of hydrogen-bond donors (Lipinski definition) is 1. The highest BCUT2D eigenvalue weighted by Gasteiger charge is 2.23. The van der Waals surface area contributed by atoms with E-state index >= 15 is 0 Å². The van der Waals surface area contributed by atoms with E-state index in [1.165, 1.54) is 0 Å². The SMILES string of the molecule is CC(=NNC(=O)C(c1ccccc1)c1ccccc1)C(C)(C)C. The monoisotopic (exact) mass is 308 g/mol. The molecular formula is C20H24N2O. The minimum Gasteiger partial charge on any atom is -0.272 e. The molecule has 1 amide bonds. The summed E-state index contributed by atoms with van der Waals surface area (Å²) < 4.78 is 0. The molecule has 0 atom stereocenters. The zero-order valence-corrected chi connectivity index (χ0v) is 14.2. The molecule has 3 heteroatoms. The van der Waals surface area contributed by atoms with Gasteiger partial charge in [0.05, 0.1) is 5.92 Å². The molecule has 0 heterocycles. The van der Waals surface area contributed by atoms with Crippen LogP contribution >= 0.6 is 0 Å². The quantitative estimate of drug-likeness (QED) is 0.662. The van der Waals surface area contributed by atoms with Crippen molar-refractivity contribution in [2.75, 3.05) is 0 Å². The minimum absolute atomic E-state index is 0.0672. The van der Waals surface area contributed by atoms with Gasteiger partial charge in [0.2, 0.25) is 0 Å². The van der Waals surface area contributed by atoms with Crippen LogP contribution in [0.5, 0.6) is 0 Å². The van der Waals surface area contributed by atoms with Crippen LogP contribution in [0.4, 0.5) is 0 Å². The number of rotatable bonds is 4. The maximum absolute atomic E-state index is 12.8. The molecule has 3 nitrogen and oxygen atoms in total. The molecule has 0 aliphatic carbocycles. The topological polar surface area (TPSA) is 41.5 Å². The van der Waals surface area contributed by atoms with E-state index in [4.69, 9.17) is 0 Å². The van der Waals surface area contributed by atoms with Gasteiger partial charge in [-0.25, -0.2) is 5.43 Å². The molecule has 2 rings (SSSR count). The second-order valence-electron chi connectivity index (χ2n) is 6.68. The molecule has 2 aromatic rings. The van der Waals surface area contributed by atoms with E-state index in [9.17, 15) is 4.79 Å². The van der Waals surface area contributed by atoms with Gasteiger partial charge in [-0.05, 0) is 18.1 Å². The van der Waals surface area contributed by atoms with Gasteiger partial charge in [-0.2, -0.15) is 5.10 Å². The molecule has 0 saturated carbocycles. The number of amides is 1. The Hall–Kier alpha value is -2.42. The fourth-order valence-electron chi connectivity index (χ4n) is 2.16. The normalized spacial score (nSPS) is 12.3. The lowest BCUT2D eigenvalue weighted by Crippen LogP contribution is -2.29. The summed E-state index contributed by atoms with van der Waals surface area (Å²) in [7, 11) is 0. The minimum atomic E-state index is -0.367. The summed E-state index contributed by atoms with van der Waals surface area (Å²) in [4.78, 5) is 12.8. The predicted octanol–water partition coefficient (Wildman–Crippen LogP) is 4.36. The Morgan fingerprint density at radius 2 is 1.35 bits per heavy atom. The highest BCUT2D eigenvalue weighted by molar-refractivity contribution is 5.91. The van der Waals surface area contributed by atoms with Crippen molar-refractivity contribution in [2.45, 2.75) is 33.6 Å². The first-order valence-corrected chi connectivity index (χ1v) is 7.84. The zero-order chi connectivity index (χ0) is 16.9. The molecule has 0 radical (unpaired) electrons. The maximum Gasteiger partial charge on any atom is 0.252 e. The average Bonchev–Trinajstić information content (AvgIpc) is 2.54. The molecule has 0 fully saturated rings. The van der Waals surface area contributed by atoms with Crippen LogP contribution in [0.2, 0.25) is 0 Å². The largest absolute Gasteiger partial charge is 0.272 e. The molecule has 0 aromatic heterocycles. The van der Waals surface area contributed by atoms with Crippen LogP contribution in [0.3, 0.4) is 0 Å². The van der Waals surface area contributed by atoms with Crippen LogP contribution in [0.25, 0.3) is 0 Å². The van der Waals surface area contributed by atoms with E-state index in [-0.39, 0.29) is 17.2 Å². The average molecular weight is 308 g/mol. The van der Waals surface area contributed by atoms with Crippen LogP contribution < -0.4 is 5.43 Å². The van der Waals surface area contributed by atoms with E-state index in [0.717, 1.165) is 16.8 Å². The molecule has 0 aliphatic heterocycles. The molecule has 0 spiro atoms.